The van der Waals surface area contributed by atoms with Crippen molar-refractivity contribution in [2.75, 3.05) is 24.7 Å². The van der Waals surface area contributed by atoms with Gasteiger partial charge in [0.1, 0.15) is 5.75 Å². The SMILES string of the molecule is CCOCCOc1ccc(C[CH2][Ge]([CH3])([CH3])[c]2ccc(-c3ccc(N(c4ccc(C)cc4)c4ccc(OS(=O)(=O)C(F)(F)F)cc4)cc3)cc2)cc1. The van der Waals surface area contributed by atoms with Crippen LogP contribution in [0.2, 0.25) is 16.8 Å². The third kappa shape index (κ3) is 9.96. The van der Waals surface area contributed by atoms with Gasteiger partial charge < -0.3 is 4.18 Å². The van der Waals surface area contributed by atoms with Gasteiger partial charge >= 0.3 is 258 Å². The van der Waals surface area contributed by atoms with E-state index >= 15 is 0 Å². The van der Waals surface area contributed by atoms with Crippen LogP contribution >= 0.6 is 0 Å². The zero-order valence-electron chi connectivity index (χ0n) is 29.1. The van der Waals surface area contributed by atoms with Gasteiger partial charge in [-0.05, 0) is 6.92 Å². The summed E-state index contributed by atoms with van der Waals surface area (Å²) in [5.41, 5.74) is 1.25. The second kappa shape index (κ2) is 16.4. The fraction of sp³-hybridized carbons (Fsp3) is 0.250. The maximum atomic E-state index is 12.8. The summed E-state index contributed by atoms with van der Waals surface area (Å²) >= 11 is -2.30. The van der Waals surface area contributed by atoms with Crippen LogP contribution in [0.1, 0.15) is 18.1 Å². The summed E-state index contributed by atoms with van der Waals surface area (Å²) in [7, 11) is -5.77. The minimum atomic E-state index is -5.77. The second-order valence-corrected chi connectivity index (χ2v) is 24.5. The molecule has 0 aliphatic rings. The van der Waals surface area contributed by atoms with Gasteiger partial charge in [0.25, 0.3) is 0 Å². The molecule has 0 aromatic heterocycles. The van der Waals surface area contributed by atoms with E-state index in [9.17, 15) is 21.6 Å². The van der Waals surface area contributed by atoms with E-state index in [1.807, 2.05) is 79.4 Å². The Labute approximate surface area is 301 Å². The van der Waals surface area contributed by atoms with Gasteiger partial charge in [0, 0.05) is 0 Å². The zero-order valence-corrected chi connectivity index (χ0v) is 32.0. The number of halogens is 3. The van der Waals surface area contributed by atoms with E-state index in [1.165, 1.54) is 39.5 Å². The van der Waals surface area contributed by atoms with Crippen LogP contribution in [-0.2, 0) is 21.3 Å². The Morgan fingerprint density at radius 1 is 0.667 bits per heavy atom. The summed E-state index contributed by atoms with van der Waals surface area (Å²) in [6.07, 6.45) is 1.02. The maximum absolute atomic E-state index is 12.8. The van der Waals surface area contributed by atoms with E-state index in [0.29, 0.717) is 25.5 Å². The third-order valence-corrected chi connectivity index (χ3v) is 16.8. The molecule has 6 nitrogen and oxygen atoms in total. The van der Waals surface area contributed by atoms with Crippen LogP contribution in [0.3, 0.4) is 0 Å². The zero-order chi connectivity index (χ0) is 36.6. The first-order valence-electron chi connectivity index (χ1n) is 16.7. The molecule has 0 saturated carbocycles. The summed E-state index contributed by atoms with van der Waals surface area (Å²) in [5, 5.41) is 1.17. The first kappa shape index (κ1) is 38.0. The van der Waals surface area contributed by atoms with Gasteiger partial charge in [-0.1, -0.05) is 5.56 Å². The molecule has 268 valence electrons. The van der Waals surface area contributed by atoms with Gasteiger partial charge in [-0.3, -0.25) is 0 Å². The van der Waals surface area contributed by atoms with Crippen LogP contribution in [-0.4, -0.2) is 47.0 Å². The monoisotopic (exact) mass is 779 g/mol. The van der Waals surface area contributed by atoms with Crippen LogP contribution in [0, 0.1) is 6.92 Å². The van der Waals surface area contributed by atoms with Gasteiger partial charge in [-0.25, -0.2) is 0 Å². The molecule has 0 atom stereocenters. The van der Waals surface area contributed by atoms with Gasteiger partial charge in [0.05, 0.1) is 0 Å². The Kier molecular flexibility index (Phi) is 12.2. The van der Waals surface area contributed by atoms with Gasteiger partial charge in [-0.15, -0.1) is 0 Å². The van der Waals surface area contributed by atoms with Gasteiger partial charge in [-0.2, -0.15) is 21.6 Å². The fourth-order valence-corrected chi connectivity index (χ4v) is 10.8. The molecular weight excluding hydrogens is 736 g/mol. The first-order chi connectivity index (χ1) is 24.3. The van der Waals surface area contributed by atoms with Crippen LogP contribution < -0.4 is 18.2 Å². The fourth-order valence-electron chi connectivity index (χ4n) is 5.60. The molecule has 0 aliphatic carbocycles. The first-order valence-corrected chi connectivity index (χ1v) is 24.9. The van der Waals surface area contributed by atoms with Crippen molar-refractivity contribution in [3.8, 4) is 22.6 Å². The van der Waals surface area contributed by atoms with E-state index < -0.39 is 34.6 Å². The van der Waals surface area contributed by atoms with Crippen LogP contribution in [0.15, 0.2) is 121 Å². The minimum absolute atomic E-state index is 0.431. The molecule has 0 amide bonds. The number of hydrogen-bond donors (Lipinski definition) is 0. The van der Waals surface area contributed by atoms with Crippen molar-refractivity contribution >= 4 is 44.8 Å². The number of anilines is 3. The summed E-state index contributed by atoms with van der Waals surface area (Å²) < 4.78 is 78.4. The van der Waals surface area contributed by atoms with Crippen molar-refractivity contribution in [3.05, 3.63) is 132 Å². The molecular formula is C40H42F3GeNO5S. The summed E-state index contributed by atoms with van der Waals surface area (Å²) in [6.45, 7) is 5.76. The number of benzene rings is 5. The van der Waals surface area contributed by atoms with Crippen molar-refractivity contribution in [1.82, 2.24) is 0 Å². The average Bonchev–Trinajstić information content (AvgIpc) is 3.11. The Morgan fingerprint density at radius 3 is 1.69 bits per heavy atom. The summed E-state index contributed by atoms with van der Waals surface area (Å²) in [5.74, 6) is 5.32. The molecule has 5 aromatic carbocycles. The van der Waals surface area contributed by atoms with Crippen LogP contribution in [0.25, 0.3) is 11.1 Å². The normalized spacial score (nSPS) is 12.1. The summed E-state index contributed by atoms with van der Waals surface area (Å²) in [6, 6.07) is 38.6. The number of nitrogens with zero attached hydrogens (tertiary/aromatic N) is 1. The van der Waals surface area contributed by atoms with Crippen LogP contribution in [0.4, 0.5) is 30.2 Å². The number of ether oxygens (including phenoxy) is 2. The molecule has 0 saturated heterocycles. The summed E-state index contributed by atoms with van der Waals surface area (Å²) in [4.78, 5) is 1.94. The Balaban J connectivity index is 1.28. The molecule has 0 heterocycles. The predicted octanol–water partition coefficient (Wildman–Crippen LogP) is 9.93. The van der Waals surface area contributed by atoms with E-state index in [4.69, 9.17) is 9.47 Å². The molecule has 11 heteroatoms. The quantitative estimate of drug-likeness (QED) is 0.0457. The number of alkyl halides is 3. The molecule has 0 spiro atoms. The van der Waals surface area contributed by atoms with E-state index in [1.54, 1.807) is 0 Å². The van der Waals surface area contributed by atoms with E-state index in [2.05, 4.69) is 52.1 Å². The molecule has 5 aromatic rings. The van der Waals surface area contributed by atoms with Crippen molar-refractivity contribution in [1.29, 1.82) is 0 Å². The number of hydrogen-bond acceptors (Lipinski definition) is 6. The standard InChI is InChI=1S/C40H42F3GeNO5S/c1-5-48-28-29-49-38-22-8-31(9-23-38)26-27-44(3,4)34-14-10-32(11-15-34)33-12-18-36(19-13-33)45(35-16-6-30(2)7-17-35)37-20-24-39(25-21-37)50-51(46,47)40(41,42)43/h6-25H,5,26-29H2,1-4H3. The Hall–Kier alpha value is -4.26. The van der Waals surface area contributed by atoms with Crippen LogP contribution in [0.5, 0.6) is 11.5 Å². The van der Waals surface area contributed by atoms with Crippen molar-refractivity contribution in [2.24, 2.45) is 0 Å². The molecule has 0 radical (unpaired) electrons. The molecule has 51 heavy (non-hydrogen) atoms. The molecule has 5 rings (SSSR count). The molecule has 0 bridgehead atoms. The topological polar surface area (TPSA) is 65.1 Å². The van der Waals surface area contributed by atoms with Gasteiger partial charge in [0.15, 0.2) is 0 Å². The predicted molar refractivity (Wildman–Crippen MR) is 201 cm³/mol. The van der Waals surface area contributed by atoms with E-state index in [0.717, 1.165) is 40.2 Å². The van der Waals surface area contributed by atoms with Gasteiger partial charge in [0.2, 0.25) is 0 Å². The Bertz CT molecular complexity index is 1970. The van der Waals surface area contributed by atoms with Crippen molar-refractivity contribution < 1.29 is 35.2 Å². The molecule has 0 unspecified atom stereocenters. The molecule has 0 N–H and O–H groups in total. The Morgan fingerprint density at radius 2 is 1.16 bits per heavy atom. The molecule has 0 fully saturated rings. The third-order valence-electron chi connectivity index (χ3n) is 8.66. The molecule has 0 aliphatic heterocycles. The van der Waals surface area contributed by atoms with E-state index in [-0.39, 0.29) is 0 Å². The number of aryl methyl sites for hydroxylation is 2. The van der Waals surface area contributed by atoms with Crippen molar-refractivity contribution in [3.63, 3.8) is 0 Å². The second-order valence-electron chi connectivity index (χ2n) is 12.8. The average molecular weight is 778 g/mol. The number of rotatable bonds is 15. The van der Waals surface area contributed by atoms with Crippen molar-refractivity contribution in [2.45, 2.75) is 42.5 Å².